The first-order valence-electron chi connectivity index (χ1n) is 10.9. The first kappa shape index (κ1) is 37.2. The van der Waals surface area contributed by atoms with Crippen molar-refractivity contribution >= 4 is 11.8 Å². The second kappa shape index (κ2) is 13.1. The largest absolute Gasteiger partial charge is 4.00 e. The summed E-state index contributed by atoms with van der Waals surface area (Å²) in [6.45, 7) is 24.9. The Morgan fingerprint density at radius 2 is 0.758 bits per heavy atom. The van der Waals surface area contributed by atoms with Crippen LogP contribution in [0, 0.1) is 0 Å². The Kier molecular flexibility index (Phi) is 14.8. The molecule has 0 saturated heterocycles. The zero-order chi connectivity index (χ0) is 26.4. The molecule has 2 aliphatic rings. The maximum Gasteiger partial charge on any atom is 4.00 e. The van der Waals surface area contributed by atoms with Gasteiger partial charge in [-0.25, -0.2) is 9.98 Å². The van der Waals surface area contributed by atoms with E-state index in [9.17, 15) is 20.4 Å². The van der Waals surface area contributed by atoms with Crippen LogP contribution >= 0.6 is 0 Å². The molecule has 0 aliphatic carbocycles. The van der Waals surface area contributed by atoms with E-state index in [1.165, 1.54) is 0 Å². The molecule has 0 radical (unpaired) electrons. The van der Waals surface area contributed by atoms with Crippen molar-refractivity contribution in [3.63, 3.8) is 0 Å². The van der Waals surface area contributed by atoms with Gasteiger partial charge in [-0.3, -0.25) is 0 Å². The molecule has 0 saturated carbocycles. The number of aliphatic imine (C=N–C) groups is 2. The Bertz CT molecular complexity index is 563. The molecule has 0 fully saturated rings. The molecular formula is C24H46HfN2O6. The predicted octanol–water partition coefficient (Wildman–Crippen LogP) is 0.953. The van der Waals surface area contributed by atoms with Crippen LogP contribution in [0.2, 0.25) is 0 Å². The molecule has 2 rings (SSSR count). The van der Waals surface area contributed by atoms with E-state index in [1.54, 1.807) is 69.2 Å². The fraction of sp³-hybridized carbons (Fsp3) is 0.917. The molecule has 0 bridgehead atoms. The van der Waals surface area contributed by atoms with Gasteiger partial charge in [0.2, 0.25) is 0 Å². The van der Waals surface area contributed by atoms with Crippen molar-refractivity contribution in [1.29, 1.82) is 0 Å². The Morgan fingerprint density at radius 3 is 0.818 bits per heavy atom. The minimum absolute atomic E-state index is 0. The second-order valence-corrected chi connectivity index (χ2v) is 12.3. The number of nitrogens with zero attached hydrogens (tertiary/aromatic N) is 2. The zero-order valence-corrected chi connectivity index (χ0v) is 26.9. The summed E-state index contributed by atoms with van der Waals surface area (Å²) in [5, 5.41) is 42.9. The molecule has 2 aliphatic heterocycles. The van der Waals surface area contributed by atoms with Crippen LogP contribution in [-0.4, -0.2) is 58.5 Å². The van der Waals surface area contributed by atoms with Crippen LogP contribution in [0.15, 0.2) is 9.98 Å². The van der Waals surface area contributed by atoms with E-state index in [1.807, 2.05) is 27.7 Å². The Hall–Kier alpha value is -0.350. The summed E-state index contributed by atoms with van der Waals surface area (Å²) in [5.74, 6) is 0.671. The number of hydrogen-bond donors (Lipinski definition) is 0. The summed E-state index contributed by atoms with van der Waals surface area (Å²) in [6.07, 6.45) is 0. The molecule has 0 aromatic rings. The third kappa shape index (κ3) is 24.6. The van der Waals surface area contributed by atoms with Crippen molar-refractivity contribution in [2.45, 2.75) is 130 Å². The molecule has 0 aromatic heterocycles. The molecule has 192 valence electrons. The Balaban J connectivity index is -0.000000386. The van der Waals surface area contributed by atoms with Crippen LogP contribution < -0.4 is 20.4 Å². The summed E-state index contributed by atoms with van der Waals surface area (Å²) in [5.41, 5.74) is -4.30. The molecule has 0 aromatic carbocycles. The van der Waals surface area contributed by atoms with E-state index in [4.69, 9.17) is 9.47 Å². The van der Waals surface area contributed by atoms with Gasteiger partial charge in [0.15, 0.2) is 11.8 Å². The van der Waals surface area contributed by atoms with Crippen molar-refractivity contribution in [3.05, 3.63) is 0 Å². The van der Waals surface area contributed by atoms with Gasteiger partial charge >= 0.3 is 25.8 Å². The minimum atomic E-state index is -1.19. The molecule has 0 unspecified atom stereocenters. The fourth-order valence-electron chi connectivity index (χ4n) is 1.79. The van der Waals surface area contributed by atoms with Gasteiger partial charge in [-0.2, -0.15) is 0 Å². The van der Waals surface area contributed by atoms with Crippen molar-refractivity contribution in [2.75, 3.05) is 13.2 Å². The molecular weight excluding hydrogens is 591 g/mol. The van der Waals surface area contributed by atoms with Crippen LogP contribution in [-0.2, 0) is 35.3 Å². The third-order valence-corrected chi connectivity index (χ3v) is 2.96. The van der Waals surface area contributed by atoms with Crippen molar-refractivity contribution in [1.82, 2.24) is 0 Å². The maximum absolute atomic E-state index is 11.3. The SMILES string of the molecule is CC(C)(C)[O-].CC(C)(C)[O-].CC1(C)COC(C(C)(C)[O-])=N1.CC1(C)COC(C(C)(C)[O-])=N1.[Hf+4]. The maximum atomic E-state index is 11.3. The monoisotopic (exact) mass is 638 g/mol. The van der Waals surface area contributed by atoms with Crippen LogP contribution in [0.3, 0.4) is 0 Å². The van der Waals surface area contributed by atoms with E-state index in [-0.39, 0.29) is 36.9 Å². The van der Waals surface area contributed by atoms with Crippen LogP contribution in [0.25, 0.3) is 0 Å². The van der Waals surface area contributed by atoms with E-state index >= 15 is 0 Å². The van der Waals surface area contributed by atoms with E-state index in [0.717, 1.165) is 0 Å². The normalized spacial score (nSPS) is 18.8. The van der Waals surface area contributed by atoms with Gasteiger partial charge < -0.3 is 29.9 Å². The fourth-order valence-corrected chi connectivity index (χ4v) is 1.79. The summed E-state index contributed by atoms with van der Waals surface area (Å²) in [7, 11) is 0. The molecule has 0 N–H and O–H groups in total. The van der Waals surface area contributed by atoms with Gasteiger partial charge in [0.25, 0.3) is 0 Å². The van der Waals surface area contributed by atoms with Crippen LogP contribution in [0.5, 0.6) is 0 Å². The Morgan fingerprint density at radius 1 is 0.576 bits per heavy atom. The number of hydrogen-bond acceptors (Lipinski definition) is 8. The minimum Gasteiger partial charge on any atom is -0.850 e. The van der Waals surface area contributed by atoms with Gasteiger partial charge in [-0.05, 0) is 38.9 Å². The topological polar surface area (TPSA) is 135 Å². The van der Waals surface area contributed by atoms with Gasteiger partial charge in [-0.1, -0.05) is 69.2 Å². The van der Waals surface area contributed by atoms with Crippen molar-refractivity contribution < 1.29 is 55.7 Å². The predicted molar refractivity (Wildman–Crippen MR) is 123 cm³/mol. The summed E-state index contributed by atoms with van der Waals surface area (Å²) in [4.78, 5) is 8.35. The second-order valence-electron chi connectivity index (χ2n) is 12.3. The number of rotatable bonds is 2. The van der Waals surface area contributed by atoms with Gasteiger partial charge in [-0.15, -0.1) is 11.2 Å². The summed E-state index contributed by atoms with van der Waals surface area (Å²) >= 11 is 0. The van der Waals surface area contributed by atoms with Crippen LogP contribution in [0.4, 0.5) is 0 Å². The Labute approximate surface area is 220 Å². The molecule has 2 heterocycles. The quantitative estimate of drug-likeness (QED) is 0.414. The van der Waals surface area contributed by atoms with Gasteiger partial charge in [0.1, 0.15) is 13.2 Å². The van der Waals surface area contributed by atoms with E-state index in [0.29, 0.717) is 25.0 Å². The third-order valence-electron chi connectivity index (χ3n) is 2.96. The van der Waals surface area contributed by atoms with Crippen LogP contribution in [0.1, 0.15) is 96.9 Å². The average molecular weight is 637 g/mol. The smallest absolute Gasteiger partial charge is 0.850 e. The first-order valence-corrected chi connectivity index (χ1v) is 10.9. The number of ether oxygens (including phenoxy) is 2. The molecule has 8 nitrogen and oxygen atoms in total. The van der Waals surface area contributed by atoms with E-state index < -0.39 is 22.4 Å². The standard InChI is InChI=1S/2C8H14NO2.2C4H9O.Hf/c2*1-7(2)5-11-6(9-7)8(3,4)10;2*1-4(2,3)5;/h2*5H2,1-4H3;2*1-3H3;/q4*-1;+4. The molecule has 0 spiro atoms. The molecule has 33 heavy (non-hydrogen) atoms. The van der Waals surface area contributed by atoms with Gasteiger partial charge in [0, 0.05) is 0 Å². The zero-order valence-electron chi connectivity index (χ0n) is 23.3. The molecule has 9 heteroatoms. The summed E-state index contributed by atoms with van der Waals surface area (Å²) in [6, 6.07) is 0. The first-order chi connectivity index (χ1) is 13.6. The van der Waals surface area contributed by atoms with E-state index in [2.05, 4.69) is 9.98 Å². The van der Waals surface area contributed by atoms with Gasteiger partial charge in [0.05, 0.1) is 11.1 Å². The average Bonchev–Trinajstić information content (AvgIpc) is 2.97. The summed E-state index contributed by atoms with van der Waals surface area (Å²) < 4.78 is 10.3. The molecule has 0 amide bonds. The van der Waals surface area contributed by atoms with Crippen molar-refractivity contribution in [3.8, 4) is 0 Å². The molecule has 0 atom stereocenters. The van der Waals surface area contributed by atoms with Crippen molar-refractivity contribution in [2.24, 2.45) is 9.98 Å².